The van der Waals surface area contributed by atoms with Crippen LogP contribution in [0.1, 0.15) is 17.4 Å². The van der Waals surface area contributed by atoms with E-state index in [9.17, 15) is 9.18 Å². The summed E-state index contributed by atoms with van der Waals surface area (Å²) in [6.45, 7) is 4.59. The van der Waals surface area contributed by atoms with Crippen LogP contribution in [-0.4, -0.2) is 36.9 Å². The molecule has 0 aromatic carbocycles. The van der Waals surface area contributed by atoms with Gasteiger partial charge < -0.3 is 10.2 Å². The molecular formula is C11H14FN3O. The molecule has 0 bridgehead atoms. The molecule has 0 spiro atoms. The average molecular weight is 223 g/mol. The first-order valence-corrected chi connectivity index (χ1v) is 5.31. The second kappa shape index (κ2) is 4.57. The van der Waals surface area contributed by atoms with Crippen LogP contribution in [0.5, 0.6) is 0 Å². The summed E-state index contributed by atoms with van der Waals surface area (Å²) in [7, 11) is 0. The van der Waals surface area contributed by atoms with Crippen LogP contribution in [0.25, 0.3) is 0 Å². The Hall–Kier alpha value is -1.49. The van der Waals surface area contributed by atoms with Gasteiger partial charge in [-0.1, -0.05) is 0 Å². The lowest BCUT2D eigenvalue weighted by atomic mass is 10.2. The SMILES string of the molecule is CC(=O)c1ccc(N2CCNCC2)c(F)n1. The van der Waals surface area contributed by atoms with E-state index in [2.05, 4.69) is 10.3 Å². The smallest absolute Gasteiger partial charge is 0.237 e. The molecule has 0 amide bonds. The lowest BCUT2D eigenvalue weighted by molar-refractivity contribution is 0.101. The maximum atomic E-state index is 13.7. The van der Waals surface area contributed by atoms with Gasteiger partial charge in [-0.15, -0.1) is 0 Å². The summed E-state index contributed by atoms with van der Waals surface area (Å²) in [6.07, 6.45) is 0. The zero-order chi connectivity index (χ0) is 11.5. The maximum Gasteiger partial charge on any atom is 0.237 e. The van der Waals surface area contributed by atoms with Crippen molar-refractivity contribution in [2.75, 3.05) is 31.1 Å². The Morgan fingerprint density at radius 3 is 2.69 bits per heavy atom. The molecule has 4 nitrogen and oxygen atoms in total. The van der Waals surface area contributed by atoms with E-state index in [1.54, 1.807) is 12.1 Å². The summed E-state index contributed by atoms with van der Waals surface area (Å²) in [5.41, 5.74) is 0.655. The summed E-state index contributed by atoms with van der Waals surface area (Å²) in [4.78, 5) is 16.6. The highest BCUT2D eigenvalue weighted by Gasteiger charge is 2.16. The van der Waals surface area contributed by atoms with Crippen molar-refractivity contribution in [2.45, 2.75) is 6.92 Å². The van der Waals surface area contributed by atoms with Crippen molar-refractivity contribution in [2.24, 2.45) is 0 Å². The highest BCUT2D eigenvalue weighted by Crippen LogP contribution is 2.18. The summed E-state index contributed by atoms with van der Waals surface area (Å²) in [5, 5.41) is 3.19. The predicted octanol–water partition coefficient (Wildman–Crippen LogP) is 0.833. The molecular weight excluding hydrogens is 209 g/mol. The van der Waals surface area contributed by atoms with E-state index in [1.165, 1.54) is 6.92 Å². The second-order valence-electron chi connectivity index (χ2n) is 3.80. The molecule has 1 N–H and O–H groups in total. The van der Waals surface area contributed by atoms with Gasteiger partial charge in [0, 0.05) is 33.1 Å². The molecule has 1 aliphatic rings. The Morgan fingerprint density at radius 2 is 2.12 bits per heavy atom. The molecule has 1 fully saturated rings. The number of anilines is 1. The fraction of sp³-hybridized carbons (Fsp3) is 0.455. The number of carbonyl (C=O) groups is 1. The molecule has 2 rings (SSSR count). The van der Waals surface area contributed by atoms with Crippen LogP contribution in [0, 0.1) is 5.95 Å². The van der Waals surface area contributed by atoms with Gasteiger partial charge in [0.15, 0.2) is 5.78 Å². The topological polar surface area (TPSA) is 45.2 Å². The molecule has 2 heterocycles. The van der Waals surface area contributed by atoms with Crippen molar-refractivity contribution in [1.29, 1.82) is 0 Å². The number of halogens is 1. The third-order valence-electron chi connectivity index (χ3n) is 2.65. The van der Waals surface area contributed by atoms with Crippen LogP contribution in [0.4, 0.5) is 10.1 Å². The van der Waals surface area contributed by atoms with Crippen LogP contribution in [-0.2, 0) is 0 Å². The van der Waals surface area contributed by atoms with Crippen molar-refractivity contribution < 1.29 is 9.18 Å². The predicted molar refractivity (Wildman–Crippen MR) is 59.3 cm³/mol. The highest BCUT2D eigenvalue weighted by atomic mass is 19.1. The maximum absolute atomic E-state index is 13.7. The number of aromatic nitrogens is 1. The Labute approximate surface area is 93.5 Å². The van der Waals surface area contributed by atoms with Crippen LogP contribution in [0.2, 0.25) is 0 Å². The first-order valence-electron chi connectivity index (χ1n) is 5.31. The van der Waals surface area contributed by atoms with Gasteiger partial charge in [-0.25, -0.2) is 4.98 Å². The van der Waals surface area contributed by atoms with Crippen molar-refractivity contribution in [3.8, 4) is 0 Å². The van der Waals surface area contributed by atoms with E-state index in [4.69, 9.17) is 0 Å². The van der Waals surface area contributed by atoms with Gasteiger partial charge in [0.2, 0.25) is 5.95 Å². The normalized spacial score (nSPS) is 16.2. The molecule has 1 aromatic heterocycles. The molecule has 86 valence electrons. The summed E-state index contributed by atoms with van der Waals surface area (Å²) in [5.74, 6) is -0.777. The third-order valence-corrected chi connectivity index (χ3v) is 2.65. The fourth-order valence-electron chi connectivity index (χ4n) is 1.76. The molecule has 0 aliphatic carbocycles. The number of hydrogen-bond acceptors (Lipinski definition) is 4. The standard InChI is InChI=1S/C11H14FN3O/c1-8(16)9-2-3-10(11(12)14-9)15-6-4-13-5-7-15/h2-3,13H,4-7H2,1H3. The second-order valence-corrected chi connectivity index (χ2v) is 3.80. The van der Waals surface area contributed by atoms with Gasteiger partial charge in [0.05, 0.1) is 5.69 Å². The number of carbonyl (C=O) groups excluding carboxylic acids is 1. The Kier molecular flexibility index (Phi) is 3.14. The van der Waals surface area contributed by atoms with E-state index < -0.39 is 5.95 Å². The number of hydrogen-bond donors (Lipinski definition) is 1. The van der Waals surface area contributed by atoms with Gasteiger partial charge in [0.25, 0.3) is 0 Å². The van der Waals surface area contributed by atoms with E-state index in [0.29, 0.717) is 5.69 Å². The van der Waals surface area contributed by atoms with Crippen LogP contribution < -0.4 is 10.2 Å². The number of rotatable bonds is 2. The summed E-state index contributed by atoms with van der Waals surface area (Å²) >= 11 is 0. The molecule has 0 atom stereocenters. The van der Waals surface area contributed by atoms with E-state index in [0.717, 1.165) is 26.2 Å². The van der Waals surface area contributed by atoms with Crippen molar-refractivity contribution in [3.63, 3.8) is 0 Å². The Bertz CT molecular complexity index is 402. The average Bonchev–Trinajstić information content (AvgIpc) is 2.30. The number of piperazine rings is 1. The number of pyridine rings is 1. The molecule has 16 heavy (non-hydrogen) atoms. The Balaban J connectivity index is 2.24. The molecule has 1 aromatic rings. The number of nitrogens with zero attached hydrogens (tertiary/aromatic N) is 2. The van der Waals surface area contributed by atoms with Gasteiger partial charge >= 0.3 is 0 Å². The largest absolute Gasteiger partial charge is 0.365 e. The zero-order valence-corrected chi connectivity index (χ0v) is 9.16. The fourth-order valence-corrected chi connectivity index (χ4v) is 1.76. The zero-order valence-electron chi connectivity index (χ0n) is 9.16. The molecule has 1 saturated heterocycles. The van der Waals surface area contributed by atoms with Crippen LogP contribution in [0.15, 0.2) is 12.1 Å². The van der Waals surface area contributed by atoms with Gasteiger partial charge in [-0.05, 0) is 12.1 Å². The van der Waals surface area contributed by atoms with Crippen molar-refractivity contribution >= 4 is 11.5 Å². The van der Waals surface area contributed by atoms with E-state index in [-0.39, 0.29) is 11.5 Å². The minimum Gasteiger partial charge on any atom is -0.365 e. The van der Waals surface area contributed by atoms with Crippen molar-refractivity contribution in [3.05, 3.63) is 23.8 Å². The van der Waals surface area contributed by atoms with Gasteiger partial charge in [-0.2, -0.15) is 4.39 Å². The first kappa shape index (κ1) is 11.0. The lowest BCUT2D eigenvalue weighted by Crippen LogP contribution is -2.44. The summed E-state index contributed by atoms with van der Waals surface area (Å²) < 4.78 is 13.7. The molecule has 0 radical (unpaired) electrons. The monoisotopic (exact) mass is 223 g/mol. The van der Waals surface area contributed by atoms with Crippen LogP contribution >= 0.6 is 0 Å². The minimum absolute atomic E-state index is 0.177. The first-order chi connectivity index (χ1) is 7.68. The summed E-state index contributed by atoms with van der Waals surface area (Å²) in [6, 6.07) is 3.20. The third kappa shape index (κ3) is 2.19. The molecule has 5 heteroatoms. The molecule has 0 unspecified atom stereocenters. The quantitative estimate of drug-likeness (QED) is 0.596. The number of Topliss-reactive ketones (excluding diaryl/α,β-unsaturated/α-hetero) is 1. The molecule has 1 aliphatic heterocycles. The van der Waals surface area contributed by atoms with Crippen LogP contribution in [0.3, 0.4) is 0 Å². The molecule has 0 saturated carbocycles. The minimum atomic E-state index is -0.561. The lowest BCUT2D eigenvalue weighted by Gasteiger charge is -2.29. The number of ketones is 1. The Morgan fingerprint density at radius 1 is 1.44 bits per heavy atom. The number of nitrogens with one attached hydrogen (secondary N) is 1. The highest BCUT2D eigenvalue weighted by molar-refractivity contribution is 5.92. The van der Waals surface area contributed by atoms with Gasteiger partial charge in [0.1, 0.15) is 5.69 Å². The van der Waals surface area contributed by atoms with E-state index in [1.807, 2.05) is 4.90 Å². The van der Waals surface area contributed by atoms with E-state index >= 15 is 0 Å². The van der Waals surface area contributed by atoms with Crippen molar-refractivity contribution in [1.82, 2.24) is 10.3 Å². The van der Waals surface area contributed by atoms with Gasteiger partial charge in [-0.3, -0.25) is 4.79 Å².